The Morgan fingerprint density at radius 1 is 1.14 bits per heavy atom. The molecule has 0 unspecified atom stereocenters. The number of nitrogens with zero attached hydrogens (tertiary/aromatic N) is 2. The second-order valence-corrected chi connectivity index (χ2v) is 4.85. The average Bonchev–Trinajstić information content (AvgIpc) is 2.39. The van der Waals surface area contributed by atoms with Gasteiger partial charge in [-0.2, -0.15) is 4.98 Å². The molecule has 0 aliphatic carbocycles. The largest absolute Gasteiger partial charge is 0.349 e. The molecular weight excluding hydrogens is 273 g/mol. The van der Waals surface area contributed by atoms with E-state index in [0.29, 0.717) is 11.3 Å². The van der Waals surface area contributed by atoms with Crippen molar-refractivity contribution >= 4 is 0 Å². The van der Waals surface area contributed by atoms with Crippen molar-refractivity contribution < 1.29 is 4.39 Å². The summed E-state index contributed by atoms with van der Waals surface area (Å²) in [7, 11) is 0. The first-order chi connectivity index (χ1) is 9.97. The Bertz CT molecular complexity index is 910. The number of aromatic amines is 1. The fourth-order valence-electron chi connectivity index (χ4n) is 2.49. The van der Waals surface area contributed by atoms with Crippen LogP contribution >= 0.6 is 0 Å². The molecule has 2 aliphatic rings. The van der Waals surface area contributed by atoms with Crippen LogP contribution < -0.4 is 11.2 Å². The lowest BCUT2D eigenvalue weighted by Crippen LogP contribution is -2.28. The third kappa shape index (κ3) is 2.14. The Hall–Kier alpha value is -2.76. The summed E-state index contributed by atoms with van der Waals surface area (Å²) in [5, 5.41) is 0. The molecule has 6 heteroatoms. The minimum Gasteiger partial charge on any atom is -0.298 e. The van der Waals surface area contributed by atoms with Gasteiger partial charge in [-0.05, 0) is 49.7 Å². The zero-order valence-corrected chi connectivity index (χ0v) is 11.5. The normalized spacial score (nSPS) is 11.0. The average molecular weight is 285 g/mol. The standard InChI is InChI=1S/C15H12FN3O2/c1-8-7-9(2)19(11-5-3-10(16)4-6-11)13-12(8)14(20)18-15(21)17-13/h3-7H,1-2H3,(H,18,20,21). The lowest BCUT2D eigenvalue weighted by molar-refractivity contribution is 0.627. The maximum atomic E-state index is 13.1. The minimum absolute atomic E-state index is 0.271. The van der Waals surface area contributed by atoms with Gasteiger partial charge in [0.05, 0.1) is 5.56 Å². The topological polar surface area (TPSA) is 67.8 Å². The number of hydrogen-bond donors (Lipinski definition) is 1. The van der Waals surface area contributed by atoms with Gasteiger partial charge in [-0.3, -0.25) is 14.3 Å². The highest BCUT2D eigenvalue weighted by atomic mass is 19.1. The third-order valence-electron chi connectivity index (χ3n) is 3.35. The number of hydrogen-bond acceptors (Lipinski definition) is 3. The molecule has 0 saturated carbocycles. The SMILES string of the molecule is Cc1cc(C)n(-c2ccc(F)cc2)c2nc(=O)[nH]c(=O)c1-2. The van der Waals surface area contributed by atoms with E-state index in [9.17, 15) is 14.0 Å². The van der Waals surface area contributed by atoms with Gasteiger partial charge >= 0.3 is 5.69 Å². The van der Waals surface area contributed by atoms with Crippen molar-refractivity contribution in [1.29, 1.82) is 0 Å². The maximum Gasteiger partial charge on any atom is 0.349 e. The highest BCUT2D eigenvalue weighted by molar-refractivity contribution is 5.63. The molecule has 3 rings (SSSR count). The van der Waals surface area contributed by atoms with Crippen LogP contribution in [0.2, 0.25) is 0 Å². The molecule has 21 heavy (non-hydrogen) atoms. The number of fused-ring (bicyclic) bond motifs is 1. The summed E-state index contributed by atoms with van der Waals surface area (Å²) in [6, 6.07) is 7.61. The number of pyridine rings is 1. The fourth-order valence-corrected chi connectivity index (χ4v) is 2.49. The summed E-state index contributed by atoms with van der Waals surface area (Å²) in [5.74, 6) is -0.0865. The Morgan fingerprint density at radius 3 is 2.48 bits per heavy atom. The fraction of sp³-hybridized carbons (Fsp3) is 0.133. The molecule has 5 nitrogen and oxygen atoms in total. The van der Waals surface area contributed by atoms with Crippen molar-refractivity contribution in [2.24, 2.45) is 0 Å². The second kappa shape index (κ2) is 4.66. The summed E-state index contributed by atoms with van der Waals surface area (Å²) in [5.41, 5.74) is 1.34. The molecule has 0 atom stereocenters. The van der Waals surface area contributed by atoms with Crippen molar-refractivity contribution in [2.75, 3.05) is 0 Å². The Morgan fingerprint density at radius 2 is 1.81 bits per heavy atom. The van der Waals surface area contributed by atoms with Crippen LogP contribution in [0.1, 0.15) is 11.3 Å². The lowest BCUT2D eigenvalue weighted by Gasteiger charge is -2.18. The van der Waals surface area contributed by atoms with Gasteiger partial charge in [-0.1, -0.05) is 0 Å². The molecule has 0 bridgehead atoms. The summed E-state index contributed by atoms with van der Waals surface area (Å²) in [6.45, 7) is 3.62. The quantitative estimate of drug-likeness (QED) is 0.741. The number of benzene rings is 1. The molecule has 0 radical (unpaired) electrons. The molecule has 0 fully saturated rings. The molecule has 106 valence electrons. The van der Waals surface area contributed by atoms with Crippen LogP contribution in [0.4, 0.5) is 4.39 Å². The highest BCUT2D eigenvalue weighted by Gasteiger charge is 2.19. The third-order valence-corrected chi connectivity index (χ3v) is 3.35. The number of rotatable bonds is 1. The smallest absolute Gasteiger partial charge is 0.298 e. The maximum absolute atomic E-state index is 13.1. The number of nitrogens with one attached hydrogen (secondary N) is 1. The lowest BCUT2D eigenvalue weighted by atomic mass is 10.1. The van der Waals surface area contributed by atoms with E-state index in [4.69, 9.17) is 0 Å². The highest BCUT2D eigenvalue weighted by Crippen LogP contribution is 2.25. The summed E-state index contributed by atoms with van der Waals surface area (Å²) >= 11 is 0. The molecule has 1 N–H and O–H groups in total. The van der Waals surface area contributed by atoms with E-state index in [0.717, 1.165) is 11.3 Å². The Balaban J connectivity index is 2.45. The predicted octanol–water partition coefficient (Wildman–Crippen LogP) is 1.78. The molecule has 2 aliphatic heterocycles. The van der Waals surface area contributed by atoms with E-state index in [1.807, 2.05) is 13.0 Å². The second-order valence-electron chi connectivity index (χ2n) is 4.85. The molecule has 0 amide bonds. The van der Waals surface area contributed by atoms with Gasteiger partial charge in [-0.25, -0.2) is 9.18 Å². The predicted molar refractivity (Wildman–Crippen MR) is 76.5 cm³/mol. The van der Waals surface area contributed by atoms with Gasteiger partial charge in [0.25, 0.3) is 5.56 Å². The summed E-state index contributed by atoms with van der Waals surface area (Å²) in [4.78, 5) is 29.6. The molecular formula is C15H12FN3O2. The Labute approximate surface area is 119 Å². The van der Waals surface area contributed by atoms with Crippen LogP contribution in [0.15, 0.2) is 39.9 Å². The first-order valence-electron chi connectivity index (χ1n) is 6.36. The van der Waals surface area contributed by atoms with Crippen LogP contribution in [0.5, 0.6) is 0 Å². The Kier molecular flexibility index (Phi) is 2.94. The monoisotopic (exact) mass is 285 g/mol. The van der Waals surface area contributed by atoms with E-state index < -0.39 is 11.2 Å². The van der Waals surface area contributed by atoms with E-state index in [1.165, 1.54) is 12.1 Å². The van der Waals surface area contributed by atoms with E-state index in [-0.39, 0.29) is 11.6 Å². The summed E-state index contributed by atoms with van der Waals surface area (Å²) in [6.07, 6.45) is 0. The molecule has 1 aromatic rings. The van der Waals surface area contributed by atoms with Gasteiger partial charge in [0.15, 0.2) is 5.82 Å². The molecule has 1 aromatic carbocycles. The first-order valence-corrected chi connectivity index (χ1v) is 6.36. The van der Waals surface area contributed by atoms with E-state index in [1.54, 1.807) is 23.6 Å². The molecule has 0 aromatic heterocycles. The number of aromatic nitrogens is 3. The van der Waals surface area contributed by atoms with Crippen molar-refractivity contribution in [3.05, 3.63) is 68.2 Å². The van der Waals surface area contributed by atoms with Crippen LogP contribution in [0, 0.1) is 19.7 Å². The van der Waals surface area contributed by atoms with Crippen molar-refractivity contribution in [1.82, 2.24) is 14.5 Å². The van der Waals surface area contributed by atoms with Gasteiger partial charge in [-0.15, -0.1) is 0 Å². The van der Waals surface area contributed by atoms with Gasteiger partial charge in [0.1, 0.15) is 5.82 Å². The number of aryl methyl sites for hydroxylation is 2. The van der Waals surface area contributed by atoms with Crippen molar-refractivity contribution in [2.45, 2.75) is 13.8 Å². The van der Waals surface area contributed by atoms with E-state index >= 15 is 0 Å². The van der Waals surface area contributed by atoms with Crippen molar-refractivity contribution in [3.63, 3.8) is 0 Å². The zero-order chi connectivity index (χ0) is 15.1. The van der Waals surface area contributed by atoms with Crippen LogP contribution in [0.25, 0.3) is 17.1 Å². The van der Waals surface area contributed by atoms with Crippen LogP contribution in [-0.2, 0) is 0 Å². The molecule has 0 spiro atoms. The minimum atomic E-state index is -0.701. The summed E-state index contributed by atoms with van der Waals surface area (Å²) < 4.78 is 14.7. The number of halogens is 1. The van der Waals surface area contributed by atoms with E-state index in [2.05, 4.69) is 9.97 Å². The van der Waals surface area contributed by atoms with Crippen LogP contribution in [0.3, 0.4) is 0 Å². The van der Waals surface area contributed by atoms with Crippen LogP contribution in [-0.4, -0.2) is 14.5 Å². The zero-order valence-electron chi connectivity index (χ0n) is 11.5. The van der Waals surface area contributed by atoms with Gasteiger partial charge in [0, 0.05) is 11.4 Å². The van der Waals surface area contributed by atoms with Gasteiger partial charge in [0.2, 0.25) is 0 Å². The molecule has 0 saturated heterocycles. The molecule has 2 heterocycles. The number of H-pyrrole nitrogens is 1. The first kappa shape index (κ1) is 13.2. The van der Waals surface area contributed by atoms with Gasteiger partial charge < -0.3 is 0 Å². The van der Waals surface area contributed by atoms with Crippen molar-refractivity contribution in [3.8, 4) is 17.1 Å².